The highest BCUT2D eigenvalue weighted by Crippen LogP contribution is 2.31. The van der Waals surface area contributed by atoms with Gasteiger partial charge in [0.05, 0.1) is 0 Å². The third-order valence-electron chi connectivity index (χ3n) is 3.88. The molecule has 1 aliphatic heterocycles. The summed E-state index contributed by atoms with van der Waals surface area (Å²) in [6.45, 7) is 13.1. The van der Waals surface area contributed by atoms with Crippen LogP contribution >= 0.6 is 0 Å². The van der Waals surface area contributed by atoms with Crippen LogP contribution in [0, 0.1) is 11.8 Å². The van der Waals surface area contributed by atoms with Crippen LogP contribution in [-0.2, 0) is 0 Å². The van der Waals surface area contributed by atoms with Gasteiger partial charge in [-0.25, -0.2) is 0 Å². The van der Waals surface area contributed by atoms with E-state index in [0.29, 0.717) is 17.9 Å². The predicted molar refractivity (Wildman–Crippen MR) is 80.1 cm³/mol. The maximum Gasteiger partial charge on any atom is 0.0371 e. The van der Waals surface area contributed by atoms with E-state index in [1.165, 1.54) is 16.8 Å². The fourth-order valence-corrected chi connectivity index (χ4v) is 2.11. The second-order valence-electron chi connectivity index (χ2n) is 5.22. The van der Waals surface area contributed by atoms with E-state index in [1.807, 2.05) is 13.2 Å². The Morgan fingerprint density at radius 1 is 1.33 bits per heavy atom. The van der Waals surface area contributed by atoms with E-state index in [-0.39, 0.29) is 0 Å². The molecule has 3 atom stereocenters. The Morgan fingerprint density at radius 2 is 2.00 bits per heavy atom. The van der Waals surface area contributed by atoms with Crippen molar-refractivity contribution in [3.05, 3.63) is 47.9 Å². The molecule has 1 saturated heterocycles. The van der Waals surface area contributed by atoms with Crippen molar-refractivity contribution in [2.24, 2.45) is 11.8 Å². The van der Waals surface area contributed by atoms with Gasteiger partial charge in [0.15, 0.2) is 0 Å². The van der Waals surface area contributed by atoms with E-state index in [0.717, 1.165) is 0 Å². The number of allylic oxidation sites excluding steroid dienone is 5. The third-order valence-corrected chi connectivity index (χ3v) is 3.88. The van der Waals surface area contributed by atoms with Crippen LogP contribution in [-0.4, -0.2) is 13.1 Å². The molecule has 0 spiro atoms. The lowest BCUT2D eigenvalue weighted by molar-refractivity contribution is 0.316. The minimum Gasteiger partial charge on any atom is -0.394 e. The Hall–Kier alpha value is -1.44. The summed E-state index contributed by atoms with van der Waals surface area (Å²) >= 11 is 0. The summed E-state index contributed by atoms with van der Waals surface area (Å²) in [4.78, 5) is 0. The van der Waals surface area contributed by atoms with E-state index < -0.39 is 0 Å². The van der Waals surface area contributed by atoms with Crippen molar-refractivity contribution in [2.45, 2.75) is 33.7 Å². The van der Waals surface area contributed by atoms with Crippen molar-refractivity contribution in [1.29, 1.82) is 0 Å². The lowest BCUT2D eigenvalue weighted by Crippen LogP contribution is -2.41. The normalized spacial score (nSPS) is 31.8. The largest absolute Gasteiger partial charge is 0.394 e. The molecule has 0 saturated carbocycles. The van der Waals surface area contributed by atoms with Crippen molar-refractivity contribution >= 4 is 0 Å². The Balaban J connectivity index is 2.83. The van der Waals surface area contributed by atoms with Crippen LogP contribution < -0.4 is 10.6 Å². The molecular formula is C16H26N2. The second-order valence-corrected chi connectivity index (χ2v) is 5.22. The molecule has 2 N–H and O–H groups in total. The highest BCUT2D eigenvalue weighted by atomic mass is 14.9. The summed E-state index contributed by atoms with van der Waals surface area (Å²) in [5, 5.41) is 6.52. The van der Waals surface area contributed by atoms with Gasteiger partial charge in [0, 0.05) is 18.8 Å². The van der Waals surface area contributed by atoms with Gasteiger partial charge < -0.3 is 10.6 Å². The average molecular weight is 246 g/mol. The first-order chi connectivity index (χ1) is 8.47. The lowest BCUT2D eigenvalue weighted by atomic mass is 9.79. The molecular weight excluding hydrogens is 220 g/mol. The number of nitrogens with one attached hydrogen (secondary N) is 2. The van der Waals surface area contributed by atoms with Gasteiger partial charge >= 0.3 is 0 Å². The Kier molecular flexibility index (Phi) is 5.26. The van der Waals surface area contributed by atoms with Gasteiger partial charge in [-0.1, -0.05) is 26.5 Å². The van der Waals surface area contributed by atoms with Crippen molar-refractivity contribution in [1.82, 2.24) is 10.6 Å². The first-order valence-electron chi connectivity index (χ1n) is 6.65. The minimum atomic E-state index is 0.498. The summed E-state index contributed by atoms with van der Waals surface area (Å²) < 4.78 is 0. The fraction of sp³-hybridized carbons (Fsp3) is 0.500. The molecule has 2 heteroatoms. The van der Waals surface area contributed by atoms with E-state index >= 15 is 0 Å². The molecule has 1 unspecified atom stereocenters. The van der Waals surface area contributed by atoms with E-state index in [1.54, 1.807) is 0 Å². The molecule has 0 bridgehead atoms. The average Bonchev–Trinajstić information content (AvgIpc) is 2.36. The standard InChI is InChI=1S/C16H26N2/c1-11(9-10-17-6)7-8-16-14(4)12(2)13(3)15(5)18-16/h7-10,12-13,15,17-18H,4H2,1-3,5-6H3/b10-9-,11-7+,16-8+/t12-,13?,15-/m0/s1. The molecule has 0 amide bonds. The number of rotatable bonds is 3. The summed E-state index contributed by atoms with van der Waals surface area (Å²) in [6.07, 6.45) is 8.24. The second kappa shape index (κ2) is 6.48. The Labute approximate surface area is 112 Å². The maximum absolute atomic E-state index is 4.21. The molecule has 1 rings (SSSR count). The Bertz CT molecular complexity index is 388. The van der Waals surface area contributed by atoms with Gasteiger partial charge in [0.1, 0.15) is 0 Å². The van der Waals surface area contributed by atoms with E-state index in [9.17, 15) is 0 Å². The number of hydrogen-bond donors (Lipinski definition) is 2. The smallest absolute Gasteiger partial charge is 0.0371 e. The van der Waals surface area contributed by atoms with E-state index in [2.05, 4.69) is 63.1 Å². The van der Waals surface area contributed by atoms with Crippen molar-refractivity contribution < 1.29 is 0 Å². The van der Waals surface area contributed by atoms with Gasteiger partial charge in [-0.3, -0.25) is 0 Å². The summed E-state index contributed by atoms with van der Waals surface area (Å²) in [6, 6.07) is 0.498. The van der Waals surface area contributed by atoms with Crippen molar-refractivity contribution in [2.75, 3.05) is 7.05 Å². The highest BCUT2D eigenvalue weighted by Gasteiger charge is 2.28. The Morgan fingerprint density at radius 3 is 2.61 bits per heavy atom. The molecule has 0 aromatic rings. The van der Waals surface area contributed by atoms with Crippen LogP contribution in [0.5, 0.6) is 0 Å². The van der Waals surface area contributed by atoms with Gasteiger partial charge in [0.2, 0.25) is 0 Å². The predicted octanol–water partition coefficient (Wildman–Crippen LogP) is 3.37. The topological polar surface area (TPSA) is 24.1 Å². The minimum absolute atomic E-state index is 0.498. The van der Waals surface area contributed by atoms with E-state index in [4.69, 9.17) is 0 Å². The SMILES string of the molecule is C=C1\C(=C/C=C(C)/C=C\NC)N[C@@H](C)C(C)[C@@H]1C. The molecule has 0 aliphatic carbocycles. The molecule has 0 aromatic carbocycles. The third kappa shape index (κ3) is 3.52. The first kappa shape index (κ1) is 14.6. The fourth-order valence-electron chi connectivity index (χ4n) is 2.11. The van der Waals surface area contributed by atoms with Crippen LogP contribution in [0.25, 0.3) is 0 Å². The van der Waals surface area contributed by atoms with Crippen LogP contribution in [0.4, 0.5) is 0 Å². The zero-order valence-corrected chi connectivity index (χ0v) is 12.2. The van der Waals surface area contributed by atoms with Gasteiger partial charge in [-0.15, -0.1) is 0 Å². The number of piperidine rings is 1. The van der Waals surface area contributed by atoms with Crippen LogP contribution in [0.2, 0.25) is 0 Å². The molecule has 1 fully saturated rings. The zero-order chi connectivity index (χ0) is 13.7. The van der Waals surface area contributed by atoms with Gasteiger partial charge in [0.25, 0.3) is 0 Å². The first-order valence-corrected chi connectivity index (χ1v) is 6.65. The van der Waals surface area contributed by atoms with Crippen LogP contribution in [0.15, 0.2) is 47.9 Å². The molecule has 1 heterocycles. The zero-order valence-electron chi connectivity index (χ0n) is 12.2. The summed E-state index contributed by atoms with van der Waals surface area (Å²) in [5.41, 5.74) is 3.60. The van der Waals surface area contributed by atoms with Crippen LogP contribution in [0.1, 0.15) is 27.7 Å². The number of hydrogen-bond acceptors (Lipinski definition) is 2. The molecule has 2 nitrogen and oxygen atoms in total. The summed E-state index contributed by atoms with van der Waals surface area (Å²) in [7, 11) is 1.90. The van der Waals surface area contributed by atoms with Gasteiger partial charge in [-0.2, -0.15) is 0 Å². The van der Waals surface area contributed by atoms with Crippen molar-refractivity contribution in [3.8, 4) is 0 Å². The molecule has 0 radical (unpaired) electrons. The maximum atomic E-state index is 4.21. The molecule has 0 aromatic heterocycles. The summed E-state index contributed by atoms with van der Waals surface area (Å²) in [5.74, 6) is 1.16. The monoisotopic (exact) mass is 246 g/mol. The molecule has 100 valence electrons. The highest BCUT2D eigenvalue weighted by molar-refractivity contribution is 5.37. The van der Waals surface area contributed by atoms with Gasteiger partial charge in [-0.05, 0) is 55.2 Å². The lowest BCUT2D eigenvalue weighted by Gasteiger charge is -2.37. The van der Waals surface area contributed by atoms with Crippen molar-refractivity contribution in [3.63, 3.8) is 0 Å². The molecule has 18 heavy (non-hydrogen) atoms. The quantitative estimate of drug-likeness (QED) is 0.746. The van der Waals surface area contributed by atoms with Crippen LogP contribution in [0.3, 0.4) is 0 Å². The molecule has 1 aliphatic rings.